The van der Waals surface area contributed by atoms with Gasteiger partial charge in [0.25, 0.3) is 5.91 Å². The Morgan fingerprint density at radius 2 is 2.08 bits per heavy atom. The largest absolute Gasteiger partial charge is 0.356 e. The van der Waals surface area contributed by atoms with Crippen molar-refractivity contribution in [2.45, 2.75) is 26.2 Å². The summed E-state index contributed by atoms with van der Waals surface area (Å²) in [5.74, 6) is -0.287. The number of nitrogens with one attached hydrogen (secondary N) is 1. The Bertz CT molecular complexity index is 751. The Morgan fingerprint density at radius 1 is 1.33 bits per heavy atom. The van der Waals surface area contributed by atoms with E-state index in [-0.39, 0.29) is 23.5 Å². The second-order valence-corrected chi connectivity index (χ2v) is 7.20. The molecule has 4 nitrogen and oxygen atoms in total. The first kappa shape index (κ1) is 16.9. The van der Waals surface area contributed by atoms with Crippen LogP contribution in [0, 0.1) is 11.7 Å². The van der Waals surface area contributed by atoms with Crippen molar-refractivity contribution < 1.29 is 14.0 Å². The molecule has 2 amide bonds. The van der Waals surface area contributed by atoms with Crippen LogP contribution < -0.4 is 5.32 Å². The van der Waals surface area contributed by atoms with Crippen molar-refractivity contribution in [3.8, 4) is 0 Å². The molecule has 0 unspecified atom stereocenters. The van der Waals surface area contributed by atoms with Crippen molar-refractivity contribution in [3.05, 3.63) is 35.0 Å². The molecule has 0 radical (unpaired) electrons. The summed E-state index contributed by atoms with van der Waals surface area (Å²) in [6.45, 7) is 3.86. The topological polar surface area (TPSA) is 49.4 Å². The number of carbonyl (C=O) groups is 2. The number of halogens is 1. The van der Waals surface area contributed by atoms with Crippen LogP contribution in [0.15, 0.2) is 24.3 Å². The van der Waals surface area contributed by atoms with Crippen molar-refractivity contribution in [3.63, 3.8) is 0 Å². The minimum absolute atomic E-state index is 0.0135. The lowest BCUT2D eigenvalue weighted by Gasteiger charge is -2.31. The van der Waals surface area contributed by atoms with Crippen LogP contribution in [-0.2, 0) is 4.79 Å². The van der Waals surface area contributed by atoms with E-state index in [0.717, 1.165) is 11.1 Å². The number of nitrogens with zero attached hydrogens (tertiary/aromatic N) is 1. The maximum atomic E-state index is 13.8. The lowest BCUT2D eigenvalue weighted by atomic mass is 9.95. The van der Waals surface area contributed by atoms with Gasteiger partial charge in [0, 0.05) is 35.6 Å². The highest BCUT2D eigenvalue weighted by molar-refractivity contribution is 7.20. The quantitative estimate of drug-likeness (QED) is 0.920. The van der Waals surface area contributed by atoms with Gasteiger partial charge in [-0.2, -0.15) is 0 Å². The van der Waals surface area contributed by atoms with Crippen LogP contribution in [0.1, 0.15) is 35.9 Å². The van der Waals surface area contributed by atoms with Gasteiger partial charge < -0.3 is 10.2 Å². The Morgan fingerprint density at radius 3 is 2.75 bits per heavy atom. The highest BCUT2D eigenvalue weighted by Crippen LogP contribution is 2.29. The van der Waals surface area contributed by atoms with E-state index in [1.807, 2.05) is 13.0 Å². The van der Waals surface area contributed by atoms with Crippen LogP contribution >= 0.6 is 11.3 Å². The van der Waals surface area contributed by atoms with Crippen LogP contribution in [-0.4, -0.2) is 36.3 Å². The summed E-state index contributed by atoms with van der Waals surface area (Å²) in [6.07, 6.45) is 2.28. The second kappa shape index (κ2) is 7.30. The average molecular weight is 348 g/mol. The van der Waals surface area contributed by atoms with Crippen LogP contribution in [0.25, 0.3) is 10.1 Å². The molecule has 0 aliphatic carbocycles. The lowest BCUT2D eigenvalue weighted by Crippen LogP contribution is -2.43. The van der Waals surface area contributed by atoms with Crippen LogP contribution in [0.3, 0.4) is 0 Å². The monoisotopic (exact) mass is 348 g/mol. The molecule has 1 aromatic heterocycles. The Kier molecular flexibility index (Phi) is 5.14. The van der Waals surface area contributed by atoms with Crippen molar-refractivity contribution in [2.75, 3.05) is 19.6 Å². The number of hydrogen-bond donors (Lipinski definition) is 1. The number of thiophene rings is 1. The zero-order valence-electron chi connectivity index (χ0n) is 13.7. The average Bonchev–Trinajstić information content (AvgIpc) is 3.05. The van der Waals surface area contributed by atoms with Gasteiger partial charge in [0.15, 0.2) is 0 Å². The normalized spacial score (nSPS) is 15.7. The number of rotatable bonds is 4. The third kappa shape index (κ3) is 3.43. The summed E-state index contributed by atoms with van der Waals surface area (Å²) in [4.78, 5) is 27.0. The molecule has 0 bridgehead atoms. The number of benzene rings is 1. The Balaban J connectivity index is 1.64. The number of piperidine rings is 1. The third-order valence-electron chi connectivity index (χ3n) is 4.42. The smallest absolute Gasteiger partial charge is 0.263 e. The van der Waals surface area contributed by atoms with Gasteiger partial charge in [-0.25, -0.2) is 4.39 Å². The summed E-state index contributed by atoms with van der Waals surface area (Å²) in [5.41, 5.74) is 0. The molecule has 2 heterocycles. The predicted molar refractivity (Wildman–Crippen MR) is 93.7 cm³/mol. The molecule has 1 saturated heterocycles. The summed E-state index contributed by atoms with van der Waals surface area (Å²) in [5, 5.41) is 3.42. The van der Waals surface area contributed by atoms with Crippen molar-refractivity contribution >= 4 is 33.2 Å². The van der Waals surface area contributed by atoms with Crippen molar-refractivity contribution in [1.29, 1.82) is 0 Å². The number of carbonyl (C=O) groups excluding carboxylic acids is 2. The Hall–Kier alpha value is -1.95. The number of amides is 2. The van der Waals surface area contributed by atoms with E-state index in [1.165, 1.54) is 17.4 Å². The molecule has 1 aliphatic rings. The molecule has 0 spiro atoms. The SMILES string of the molecule is CCCNC(=O)C1CCN(C(=O)c2cc3c(F)cccc3s2)CC1. The fourth-order valence-corrected chi connectivity index (χ4v) is 4.07. The lowest BCUT2D eigenvalue weighted by molar-refractivity contribution is -0.126. The predicted octanol–water partition coefficient (Wildman–Crippen LogP) is 3.42. The van der Waals surface area contributed by atoms with E-state index < -0.39 is 0 Å². The highest BCUT2D eigenvalue weighted by atomic mass is 32.1. The summed E-state index contributed by atoms with van der Waals surface area (Å²) >= 11 is 1.32. The van der Waals surface area contributed by atoms with Gasteiger partial charge in [0.1, 0.15) is 5.82 Å². The maximum Gasteiger partial charge on any atom is 0.263 e. The van der Waals surface area contributed by atoms with Gasteiger partial charge in [0.05, 0.1) is 4.88 Å². The molecule has 1 aromatic carbocycles. The number of hydrogen-bond acceptors (Lipinski definition) is 3. The molecule has 6 heteroatoms. The highest BCUT2D eigenvalue weighted by Gasteiger charge is 2.28. The number of fused-ring (bicyclic) bond motifs is 1. The molecule has 128 valence electrons. The van der Waals surface area contributed by atoms with Crippen molar-refractivity contribution in [2.24, 2.45) is 5.92 Å². The minimum atomic E-state index is -0.297. The molecule has 0 saturated carbocycles. The molecule has 3 rings (SSSR count). The molecule has 2 aromatic rings. The van der Waals surface area contributed by atoms with Crippen LogP contribution in [0.5, 0.6) is 0 Å². The molecular weight excluding hydrogens is 327 g/mol. The fraction of sp³-hybridized carbons (Fsp3) is 0.444. The van der Waals surface area contributed by atoms with Crippen LogP contribution in [0.2, 0.25) is 0 Å². The molecule has 1 fully saturated rings. The van der Waals surface area contributed by atoms with Crippen molar-refractivity contribution in [1.82, 2.24) is 10.2 Å². The first-order valence-electron chi connectivity index (χ1n) is 8.35. The summed E-state index contributed by atoms with van der Waals surface area (Å²) in [7, 11) is 0. The zero-order chi connectivity index (χ0) is 17.1. The van der Waals surface area contributed by atoms with E-state index in [1.54, 1.807) is 17.0 Å². The summed E-state index contributed by atoms with van der Waals surface area (Å²) in [6, 6.07) is 6.52. The van der Waals surface area contributed by atoms with E-state index in [9.17, 15) is 14.0 Å². The van der Waals surface area contributed by atoms with E-state index in [0.29, 0.717) is 42.7 Å². The first-order chi connectivity index (χ1) is 11.6. The van der Waals surface area contributed by atoms with Gasteiger partial charge in [-0.05, 0) is 37.5 Å². The minimum Gasteiger partial charge on any atom is -0.356 e. The number of likely N-dealkylation sites (tertiary alicyclic amines) is 1. The van der Waals surface area contributed by atoms with E-state index in [2.05, 4.69) is 5.32 Å². The molecule has 24 heavy (non-hydrogen) atoms. The summed E-state index contributed by atoms with van der Waals surface area (Å²) < 4.78 is 14.6. The molecule has 1 aliphatic heterocycles. The third-order valence-corrected chi connectivity index (χ3v) is 5.51. The van der Waals surface area contributed by atoms with E-state index >= 15 is 0 Å². The van der Waals surface area contributed by atoms with Gasteiger partial charge in [-0.15, -0.1) is 11.3 Å². The second-order valence-electron chi connectivity index (χ2n) is 6.12. The molecular formula is C18H21FN2O2S. The zero-order valence-corrected chi connectivity index (χ0v) is 14.5. The Labute approximate surface area is 144 Å². The van der Waals surface area contributed by atoms with Gasteiger partial charge >= 0.3 is 0 Å². The first-order valence-corrected chi connectivity index (χ1v) is 9.17. The van der Waals surface area contributed by atoms with Gasteiger partial charge in [0.2, 0.25) is 5.91 Å². The molecule has 1 N–H and O–H groups in total. The van der Waals surface area contributed by atoms with E-state index in [4.69, 9.17) is 0 Å². The standard InChI is InChI=1S/C18H21FN2O2S/c1-2-8-20-17(22)12-6-9-21(10-7-12)18(23)16-11-13-14(19)4-3-5-15(13)24-16/h3-5,11-12H,2,6-10H2,1H3,(H,20,22). The van der Waals surface area contributed by atoms with Crippen LogP contribution in [0.4, 0.5) is 4.39 Å². The fourth-order valence-electron chi connectivity index (χ4n) is 3.02. The van der Waals surface area contributed by atoms with Gasteiger partial charge in [-0.1, -0.05) is 13.0 Å². The van der Waals surface area contributed by atoms with Gasteiger partial charge in [-0.3, -0.25) is 9.59 Å². The maximum absolute atomic E-state index is 13.8. The molecule has 0 atom stereocenters.